The molecule has 126 valence electrons. The van der Waals surface area contributed by atoms with E-state index in [1.807, 2.05) is 29.7 Å². The summed E-state index contributed by atoms with van der Waals surface area (Å²) in [6, 6.07) is 8.16. The molecular formula is C17H14FN5O2. The normalized spacial score (nSPS) is 11.2. The number of methoxy groups -OCH3 is 1. The summed E-state index contributed by atoms with van der Waals surface area (Å²) >= 11 is 0. The molecule has 3 aromatic heterocycles. The first kappa shape index (κ1) is 15.3. The quantitative estimate of drug-likeness (QED) is 0.568. The van der Waals surface area contributed by atoms with Crippen LogP contribution < -0.4 is 4.74 Å². The van der Waals surface area contributed by atoms with Crippen molar-refractivity contribution in [2.75, 3.05) is 7.11 Å². The molecular weight excluding hydrogens is 325 g/mol. The smallest absolute Gasteiger partial charge is 0.258 e. The van der Waals surface area contributed by atoms with Gasteiger partial charge < -0.3 is 9.26 Å². The van der Waals surface area contributed by atoms with Crippen LogP contribution in [-0.2, 0) is 6.42 Å². The Morgan fingerprint density at radius 3 is 2.76 bits per heavy atom. The Morgan fingerprint density at radius 1 is 1.16 bits per heavy atom. The van der Waals surface area contributed by atoms with Gasteiger partial charge in [-0.3, -0.25) is 4.40 Å². The molecule has 0 spiro atoms. The van der Waals surface area contributed by atoms with Gasteiger partial charge >= 0.3 is 0 Å². The number of ether oxygens (including phenoxy) is 1. The number of halogens is 1. The molecule has 0 fully saturated rings. The summed E-state index contributed by atoms with van der Waals surface area (Å²) in [7, 11) is 1.41. The van der Waals surface area contributed by atoms with Crippen LogP contribution in [0.25, 0.3) is 28.5 Å². The van der Waals surface area contributed by atoms with Crippen LogP contribution in [0.15, 0.2) is 41.1 Å². The van der Waals surface area contributed by atoms with Crippen LogP contribution in [0.3, 0.4) is 0 Å². The fraction of sp³-hybridized carbons (Fsp3) is 0.176. The zero-order valence-electron chi connectivity index (χ0n) is 13.6. The van der Waals surface area contributed by atoms with Crippen molar-refractivity contribution in [1.29, 1.82) is 0 Å². The largest absolute Gasteiger partial charge is 0.494 e. The van der Waals surface area contributed by atoms with Crippen LogP contribution in [0, 0.1) is 5.82 Å². The van der Waals surface area contributed by atoms with Gasteiger partial charge in [-0.25, -0.2) is 4.39 Å². The Kier molecular flexibility index (Phi) is 3.64. The predicted octanol–water partition coefficient (Wildman–Crippen LogP) is 3.16. The van der Waals surface area contributed by atoms with E-state index in [1.54, 1.807) is 6.07 Å². The van der Waals surface area contributed by atoms with Gasteiger partial charge in [0.05, 0.1) is 7.11 Å². The summed E-state index contributed by atoms with van der Waals surface area (Å²) in [6.45, 7) is 2.01. The van der Waals surface area contributed by atoms with Crippen molar-refractivity contribution in [2.24, 2.45) is 0 Å². The minimum absolute atomic E-state index is 0.161. The molecule has 0 saturated carbocycles. The molecule has 0 amide bonds. The molecule has 0 atom stereocenters. The Morgan fingerprint density at radius 2 is 2.00 bits per heavy atom. The van der Waals surface area contributed by atoms with Gasteiger partial charge in [0.1, 0.15) is 5.82 Å². The highest BCUT2D eigenvalue weighted by Crippen LogP contribution is 2.26. The van der Waals surface area contributed by atoms with E-state index >= 15 is 0 Å². The topological polar surface area (TPSA) is 78.3 Å². The van der Waals surface area contributed by atoms with Crippen molar-refractivity contribution in [3.63, 3.8) is 0 Å². The molecule has 0 unspecified atom stereocenters. The van der Waals surface area contributed by atoms with E-state index in [0.29, 0.717) is 11.4 Å². The van der Waals surface area contributed by atoms with Gasteiger partial charge in [-0.05, 0) is 30.3 Å². The van der Waals surface area contributed by atoms with Crippen molar-refractivity contribution in [1.82, 2.24) is 24.7 Å². The molecule has 0 radical (unpaired) electrons. The lowest BCUT2D eigenvalue weighted by atomic mass is 10.2. The van der Waals surface area contributed by atoms with Crippen molar-refractivity contribution < 1.29 is 13.7 Å². The van der Waals surface area contributed by atoms with Crippen LogP contribution in [0.5, 0.6) is 5.75 Å². The second-order valence-electron chi connectivity index (χ2n) is 5.39. The van der Waals surface area contributed by atoms with E-state index in [0.717, 1.165) is 23.5 Å². The third kappa shape index (κ3) is 2.61. The molecule has 4 rings (SSSR count). The van der Waals surface area contributed by atoms with Gasteiger partial charge in [0, 0.05) is 23.7 Å². The summed E-state index contributed by atoms with van der Waals surface area (Å²) in [6.07, 6.45) is 2.62. The van der Waals surface area contributed by atoms with E-state index in [4.69, 9.17) is 9.26 Å². The summed E-state index contributed by atoms with van der Waals surface area (Å²) in [5, 5.41) is 12.2. The molecule has 0 aliphatic rings. The lowest BCUT2D eigenvalue weighted by Gasteiger charge is -2.01. The molecule has 0 bridgehead atoms. The fourth-order valence-corrected chi connectivity index (χ4v) is 2.57. The highest BCUT2D eigenvalue weighted by Gasteiger charge is 2.14. The van der Waals surface area contributed by atoms with Crippen LogP contribution in [0.1, 0.15) is 12.7 Å². The average molecular weight is 339 g/mol. The number of aromatic nitrogens is 5. The minimum Gasteiger partial charge on any atom is -0.494 e. The van der Waals surface area contributed by atoms with Gasteiger partial charge in [-0.1, -0.05) is 12.1 Å². The Bertz CT molecular complexity index is 1060. The maximum atomic E-state index is 13.9. The van der Waals surface area contributed by atoms with E-state index in [-0.39, 0.29) is 11.6 Å². The average Bonchev–Trinajstić information content (AvgIpc) is 3.28. The summed E-state index contributed by atoms with van der Waals surface area (Å²) in [5.74, 6) is 1.16. The first-order chi connectivity index (χ1) is 12.2. The number of benzene rings is 1. The van der Waals surface area contributed by atoms with Crippen molar-refractivity contribution in [3.8, 4) is 28.6 Å². The number of fused-ring (bicyclic) bond motifs is 1. The number of aryl methyl sites for hydroxylation is 1. The van der Waals surface area contributed by atoms with Crippen molar-refractivity contribution >= 4 is 5.65 Å². The Balaban J connectivity index is 1.72. The number of hydrogen-bond donors (Lipinski definition) is 0. The summed E-state index contributed by atoms with van der Waals surface area (Å²) in [4.78, 5) is 4.35. The molecule has 7 nitrogen and oxygen atoms in total. The van der Waals surface area contributed by atoms with Crippen molar-refractivity contribution in [3.05, 3.63) is 48.2 Å². The second kappa shape index (κ2) is 5.97. The minimum atomic E-state index is -0.488. The first-order valence-electron chi connectivity index (χ1n) is 7.71. The van der Waals surface area contributed by atoms with E-state index in [2.05, 4.69) is 20.3 Å². The maximum absolute atomic E-state index is 13.9. The highest BCUT2D eigenvalue weighted by atomic mass is 19.1. The highest BCUT2D eigenvalue weighted by molar-refractivity contribution is 5.61. The van der Waals surface area contributed by atoms with E-state index < -0.39 is 5.82 Å². The summed E-state index contributed by atoms with van der Waals surface area (Å²) in [5.41, 5.74) is 1.99. The predicted molar refractivity (Wildman–Crippen MR) is 87.6 cm³/mol. The lowest BCUT2D eigenvalue weighted by molar-refractivity contribution is 0.386. The molecule has 25 heavy (non-hydrogen) atoms. The van der Waals surface area contributed by atoms with Gasteiger partial charge in [-0.15, -0.1) is 10.2 Å². The third-order valence-corrected chi connectivity index (χ3v) is 3.87. The van der Waals surface area contributed by atoms with Crippen LogP contribution >= 0.6 is 0 Å². The molecule has 0 N–H and O–H groups in total. The van der Waals surface area contributed by atoms with Crippen LogP contribution in [0.2, 0.25) is 0 Å². The van der Waals surface area contributed by atoms with E-state index in [9.17, 15) is 4.39 Å². The monoisotopic (exact) mass is 339 g/mol. The number of hydrogen-bond acceptors (Lipinski definition) is 6. The van der Waals surface area contributed by atoms with Gasteiger partial charge in [-0.2, -0.15) is 4.98 Å². The van der Waals surface area contributed by atoms with Crippen LogP contribution in [-0.4, -0.2) is 31.8 Å². The molecule has 3 heterocycles. The molecule has 4 aromatic rings. The standard InChI is InChI=1S/C17H14FN5O2/c1-3-14-20-21-15-7-5-11(9-23(14)15)16-19-17(25-22-16)10-4-6-13(24-2)12(18)8-10/h4-9H,3H2,1-2H3. The van der Waals surface area contributed by atoms with Gasteiger partial charge in [0.25, 0.3) is 5.89 Å². The number of pyridine rings is 1. The molecule has 1 aromatic carbocycles. The molecule has 0 aliphatic carbocycles. The molecule has 8 heteroatoms. The zero-order chi connectivity index (χ0) is 17.4. The van der Waals surface area contributed by atoms with Crippen molar-refractivity contribution in [2.45, 2.75) is 13.3 Å². The fourth-order valence-electron chi connectivity index (χ4n) is 2.57. The second-order valence-corrected chi connectivity index (χ2v) is 5.39. The molecule has 0 aliphatic heterocycles. The zero-order valence-corrected chi connectivity index (χ0v) is 13.6. The van der Waals surface area contributed by atoms with Crippen LogP contribution in [0.4, 0.5) is 4.39 Å². The Hall–Kier alpha value is -3.29. The summed E-state index contributed by atoms with van der Waals surface area (Å²) < 4.78 is 25.9. The Labute approximate surface area is 142 Å². The number of nitrogens with zero attached hydrogens (tertiary/aromatic N) is 5. The third-order valence-electron chi connectivity index (χ3n) is 3.87. The SMILES string of the molecule is CCc1nnc2ccc(-c3noc(-c4ccc(OC)c(F)c4)n3)cn12. The lowest BCUT2D eigenvalue weighted by Crippen LogP contribution is -1.93. The van der Waals surface area contributed by atoms with E-state index in [1.165, 1.54) is 19.2 Å². The van der Waals surface area contributed by atoms with Gasteiger partial charge in [0.15, 0.2) is 17.2 Å². The number of rotatable bonds is 4. The molecule has 0 saturated heterocycles. The van der Waals surface area contributed by atoms with Gasteiger partial charge in [0.2, 0.25) is 5.82 Å². The maximum Gasteiger partial charge on any atom is 0.258 e. The first-order valence-corrected chi connectivity index (χ1v) is 7.71.